The van der Waals surface area contributed by atoms with Crippen LogP contribution in [0, 0.1) is 0 Å². The van der Waals surface area contributed by atoms with E-state index in [4.69, 9.17) is 0 Å². The lowest BCUT2D eigenvalue weighted by Gasteiger charge is -1.97. The topological polar surface area (TPSA) is 26.5 Å². The summed E-state index contributed by atoms with van der Waals surface area (Å²) in [4.78, 5) is 0. The maximum Gasteiger partial charge on any atom is 0.268 e. The van der Waals surface area contributed by atoms with Gasteiger partial charge in [-0.05, 0) is 22.9 Å². The van der Waals surface area contributed by atoms with Crippen molar-refractivity contribution in [3.8, 4) is 0 Å². The van der Waals surface area contributed by atoms with E-state index in [1.807, 2.05) is 0 Å². The Morgan fingerprint density at radius 2 is 2.10 bits per heavy atom. The smallest absolute Gasteiger partial charge is 0.205 e. The molecule has 5 heteroatoms. The number of nitrogens with zero attached hydrogens (tertiary/aromatic N) is 2. The van der Waals surface area contributed by atoms with Crippen molar-refractivity contribution < 1.29 is 8.78 Å². The highest BCUT2D eigenvalue weighted by Crippen LogP contribution is 2.23. The normalized spacial score (nSPS) is 17.9. The molecule has 1 rings (SSSR count). The molecule has 55 valence electrons. The molecule has 0 aliphatic carbocycles. The van der Waals surface area contributed by atoms with E-state index < -0.39 is 6.43 Å². The lowest BCUT2D eigenvalue weighted by atomic mass is 10.2. The Morgan fingerprint density at radius 1 is 1.50 bits per heavy atom. The van der Waals surface area contributed by atoms with Gasteiger partial charge >= 0.3 is 0 Å². The molecule has 2 nitrogen and oxygen atoms in total. The van der Waals surface area contributed by atoms with Gasteiger partial charge in [0.25, 0.3) is 6.43 Å². The van der Waals surface area contributed by atoms with Crippen LogP contribution < -0.4 is 5.43 Å². The van der Waals surface area contributed by atoms with Crippen LogP contribution in [0.2, 0.25) is 0 Å². The first-order valence-corrected chi connectivity index (χ1v) is 3.35. The fraction of sp³-hybridized carbons (Fsp3) is 0.400. The zero-order valence-electron chi connectivity index (χ0n) is 5.11. The third-order valence-electron chi connectivity index (χ3n) is 1.12. The van der Waals surface area contributed by atoms with Gasteiger partial charge in [-0.25, -0.2) is 8.78 Å². The summed E-state index contributed by atoms with van der Waals surface area (Å²) in [6.45, 7) is 1.50. The zero-order chi connectivity index (χ0) is 7.72. The van der Waals surface area contributed by atoms with Gasteiger partial charge < -0.3 is 0 Å². The van der Waals surface area contributed by atoms with Gasteiger partial charge in [-0.2, -0.15) is 5.10 Å². The van der Waals surface area contributed by atoms with Crippen LogP contribution in [0.5, 0.6) is 0 Å². The fourth-order valence-electron chi connectivity index (χ4n) is 0.624. The van der Waals surface area contributed by atoms with Crippen LogP contribution >= 0.6 is 15.9 Å². The zero-order valence-corrected chi connectivity index (χ0v) is 6.69. The van der Waals surface area contributed by atoms with E-state index in [-0.39, 0.29) is 15.9 Å². The molecule has 1 radical (unpaired) electrons. The molecule has 0 aromatic rings. The molecule has 0 aromatic carbocycles. The number of alkyl halides is 2. The van der Waals surface area contributed by atoms with Crippen LogP contribution in [0.1, 0.15) is 6.92 Å². The third kappa shape index (κ3) is 1.18. The van der Waals surface area contributed by atoms with Gasteiger partial charge in [-0.1, -0.05) is 0 Å². The summed E-state index contributed by atoms with van der Waals surface area (Å²) >= 11 is 2.86. The molecular weight excluding hydrogens is 206 g/mol. The maximum atomic E-state index is 12.0. The first-order chi connectivity index (χ1) is 4.63. The van der Waals surface area contributed by atoms with Gasteiger partial charge in [-0.3, -0.25) is 0 Å². The van der Waals surface area contributed by atoms with Crippen molar-refractivity contribution >= 4 is 21.6 Å². The van der Waals surface area contributed by atoms with Crippen LogP contribution in [-0.4, -0.2) is 12.1 Å². The highest BCUT2D eigenvalue weighted by atomic mass is 79.9. The van der Waals surface area contributed by atoms with Gasteiger partial charge in [0.2, 0.25) is 0 Å². The van der Waals surface area contributed by atoms with E-state index in [2.05, 4.69) is 26.5 Å². The summed E-state index contributed by atoms with van der Waals surface area (Å²) < 4.78 is 24.2. The summed E-state index contributed by atoms with van der Waals surface area (Å²) in [5.41, 5.74) is 3.59. The number of allylic oxidation sites excluding steroid dienone is 1. The Kier molecular flexibility index (Phi) is 2.03. The molecule has 0 amide bonds. The van der Waals surface area contributed by atoms with Crippen molar-refractivity contribution in [1.29, 1.82) is 0 Å². The van der Waals surface area contributed by atoms with E-state index in [1.54, 1.807) is 0 Å². The van der Waals surface area contributed by atoms with Crippen LogP contribution in [-0.2, 0) is 0 Å². The SMILES string of the molecule is CC1=N[N]C(Br)=C1C(F)F. The molecule has 1 aliphatic rings. The molecular formula is C5H4BrF2N2. The number of hydrogen-bond donors (Lipinski definition) is 0. The summed E-state index contributed by atoms with van der Waals surface area (Å²) in [5, 5.41) is 3.46. The Morgan fingerprint density at radius 3 is 2.30 bits per heavy atom. The monoisotopic (exact) mass is 209 g/mol. The fourth-order valence-corrected chi connectivity index (χ4v) is 1.16. The van der Waals surface area contributed by atoms with Crippen LogP contribution in [0.4, 0.5) is 8.78 Å². The van der Waals surface area contributed by atoms with Crippen molar-refractivity contribution in [3.63, 3.8) is 0 Å². The highest BCUT2D eigenvalue weighted by Gasteiger charge is 2.23. The minimum Gasteiger partial charge on any atom is -0.205 e. The Labute approximate surface area is 65.1 Å². The van der Waals surface area contributed by atoms with E-state index in [1.165, 1.54) is 6.92 Å². The molecule has 0 fully saturated rings. The number of rotatable bonds is 1. The predicted molar refractivity (Wildman–Crippen MR) is 37.2 cm³/mol. The quantitative estimate of drug-likeness (QED) is 0.590. The second kappa shape index (κ2) is 2.65. The summed E-state index contributed by atoms with van der Waals surface area (Å²) in [5.74, 6) is 0. The van der Waals surface area contributed by atoms with Gasteiger partial charge in [0.1, 0.15) is 4.61 Å². The van der Waals surface area contributed by atoms with E-state index >= 15 is 0 Å². The van der Waals surface area contributed by atoms with Crippen LogP contribution in [0.3, 0.4) is 0 Å². The molecule has 0 saturated heterocycles. The lowest BCUT2D eigenvalue weighted by molar-refractivity contribution is 0.196. The lowest BCUT2D eigenvalue weighted by Crippen LogP contribution is -2.04. The largest absolute Gasteiger partial charge is 0.268 e. The predicted octanol–water partition coefficient (Wildman–Crippen LogP) is 1.85. The summed E-state index contributed by atoms with van der Waals surface area (Å²) in [6, 6.07) is 0. The molecule has 1 heterocycles. The third-order valence-corrected chi connectivity index (χ3v) is 1.70. The van der Waals surface area contributed by atoms with Gasteiger partial charge in [-0.15, -0.1) is 5.43 Å². The molecule has 0 spiro atoms. The molecule has 0 unspecified atom stereocenters. The van der Waals surface area contributed by atoms with Crippen molar-refractivity contribution in [2.24, 2.45) is 5.10 Å². The highest BCUT2D eigenvalue weighted by molar-refractivity contribution is 9.11. The minimum atomic E-state index is -2.50. The average Bonchev–Trinajstić information content (AvgIpc) is 2.11. The maximum absolute atomic E-state index is 12.0. The van der Waals surface area contributed by atoms with Crippen LogP contribution in [0.25, 0.3) is 0 Å². The molecule has 1 aliphatic heterocycles. The van der Waals surface area contributed by atoms with E-state index in [0.29, 0.717) is 0 Å². The molecule has 0 saturated carbocycles. The molecule has 10 heavy (non-hydrogen) atoms. The molecule has 0 N–H and O–H groups in total. The molecule has 0 atom stereocenters. The van der Waals surface area contributed by atoms with E-state index in [0.717, 1.165) is 0 Å². The molecule has 0 bridgehead atoms. The van der Waals surface area contributed by atoms with Gasteiger partial charge in [0.05, 0.1) is 11.3 Å². The van der Waals surface area contributed by atoms with Crippen molar-refractivity contribution in [3.05, 3.63) is 10.2 Å². The second-order valence-corrected chi connectivity index (χ2v) is 2.54. The second-order valence-electron chi connectivity index (χ2n) is 1.79. The Balaban J connectivity index is 2.90. The van der Waals surface area contributed by atoms with Crippen molar-refractivity contribution in [2.75, 3.05) is 0 Å². The summed E-state index contributed by atoms with van der Waals surface area (Å²) in [7, 11) is 0. The first-order valence-electron chi connectivity index (χ1n) is 2.56. The van der Waals surface area contributed by atoms with E-state index in [9.17, 15) is 8.78 Å². The van der Waals surface area contributed by atoms with Crippen molar-refractivity contribution in [1.82, 2.24) is 5.43 Å². The number of halogens is 3. The van der Waals surface area contributed by atoms with Gasteiger partial charge in [0.15, 0.2) is 0 Å². The standard InChI is InChI=1S/C5H4BrF2N2/c1-2-3(5(7)8)4(6)10-9-2/h5H,1H3. The summed E-state index contributed by atoms with van der Waals surface area (Å²) in [6.07, 6.45) is -2.50. The first kappa shape index (κ1) is 7.65. The van der Waals surface area contributed by atoms with Gasteiger partial charge in [0, 0.05) is 0 Å². The number of hydrogen-bond acceptors (Lipinski definition) is 1. The molecule has 0 aromatic heterocycles. The average molecular weight is 210 g/mol. The Hall–Kier alpha value is -0.450. The minimum absolute atomic E-state index is 0.111. The Bertz CT molecular complexity index is 210. The van der Waals surface area contributed by atoms with Crippen LogP contribution in [0.15, 0.2) is 15.3 Å². The van der Waals surface area contributed by atoms with Crippen molar-refractivity contribution in [2.45, 2.75) is 13.3 Å².